The van der Waals surface area contributed by atoms with Gasteiger partial charge in [-0.3, -0.25) is 0 Å². The molecule has 18 heavy (non-hydrogen) atoms. The molecule has 0 atom stereocenters. The molecule has 2 rings (SSSR count). The lowest BCUT2D eigenvalue weighted by molar-refractivity contribution is 0.507. The van der Waals surface area contributed by atoms with Gasteiger partial charge < -0.3 is 5.32 Å². The van der Waals surface area contributed by atoms with E-state index in [-0.39, 0.29) is 0 Å². The van der Waals surface area contributed by atoms with E-state index in [1.165, 1.54) is 11.0 Å². The van der Waals surface area contributed by atoms with E-state index in [4.69, 9.17) is 0 Å². The van der Waals surface area contributed by atoms with E-state index in [1.54, 1.807) is 17.8 Å². The van der Waals surface area contributed by atoms with Crippen LogP contribution in [0.25, 0.3) is 0 Å². The maximum atomic E-state index is 13.0. The highest BCUT2D eigenvalue weighted by atomic mass is 32.2. The van der Waals surface area contributed by atoms with Crippen molar-refractivity contribution >= 4 is 17.4 Å². The average molecular weight is 265 g/mol. The maximum absolute atomic E-state index is 13.0. The fourth-order valence-corrected chi connectivity index (χ4v) is 1.97. The van der Waals surface area contributed by atoms with Gasteiger partial charge in [0.25, 0.3) is 0 Å². The lowest BCUT2D eigenvalue weighted by atomic mass is 10.2. The Morgan fingerprint density at radius 3 is 2.33 bits per heavy atom. The van der Waals surface area contributed by atoms with Gasteiger partial charge in [0.05, 0.1) is 0 Å². The molecule has 0 radical (unpaired) electrons. The van der Waals surface area contributed by atoms with Gasteiger partial charge in [0.2, 0.25) is 0 Å². The molecular formula is C14H13F2NS. The van der Waals surface area contributed by atoms with Gasteiger partial charge in [-0.25, -0.2) is 8.78 Å². The van der Waals surface area contributed by atoms with Crippen molar-refractivity contribution in [2.45, 2.75) is 11.4 Å². The molecule has 0 aliphatic carbocycles. The zero-order chi connectivity index (χ0) is 13.0. The third kappa shape index (κ3) is 3.23. The fraction of sp³-hybridized carbons (Fsp3) is 0.143. The Morgan fingerprint density at radius 2 is 1.72 bits per heavy atom. The molecule has 0 bridgehead atoms. The Bertz CT molecular complexity index is 526. The molecule has 1 nitrogen and oxygen atoms in total. The summed E-state index contributed by atoms with van der Waals surface area (Å²) in [5.41, 5.74) is 1.67. The Labute approximate surface area is 109 Å². The first-order valence-electron chi connectivity index (χ1n) is 5.51. The number of thioether (sulfide) groups is 1. The zero-order valence-electron chi connectivity index (χ0n) is 9.91. The van der Waals surface area contributed by atoms with Crippen LogP contribution in [0.2, 0.25) is 0 Å². The molecule has 0 aliphatic heterocycles. The molecule has 2 aromatic carbocycles. The fourth-order valence-electron chi connectivity index (χ4n) is 1.56. The van der Waals surface area contributed by atoms with Crippen LogP contribution in [0, 0.1) is 11.6 Å². The second-order valence-electron chi connectivity index (χ2n) is 3.83. The normalized spacial score (nSPS) is 10.4. The Hall–Kier alpha value is -1.55. The van der Waals surface area contributed by atoms with Crippen LogP contribution in [0.3, 0.4) is 0 Å². The number of nitrogens with one attached hydrogen (secondary N) is 1. The smallest absolute Gasteiger partial charge is 0.159 e. The highest BCUT2D eigenvalue weighted by Crippen LogP contribution is 2.18. The standard InChI is InChI=1S/C14H13F2NS/c1-18-12-5-3-11(4-6-12)17-9-10-2-7-13(15)14(16)8-10/h2-8,17H,9H2,1H3. The second-order valence-corrected chi connectivity index (χ2v) is 4.71. The summed E-state index contributed by atoms with van der Waals surface area (Å²) in [4.78, 5) is 1.19. The molecule has 94 valence electrons. The SMILES string of the molecule is CSc1ccc(NCc2ccc(F)c(F)c2)cc1. The van der Waals surface area contributed by atoms with Crippen molar-refractivity contribution in [1.29, 1.82) is 0 Å². The van der Waals surface area contributed by atoms with Crippen LogP contribution in [0.5, 0.6) is 0 Å². The summed E-state index contributed by atoms with van der Waals surface area (Å²) < 4.78 is 25.7. The van der Waals surface area contributed by atoms with Crippen LogP contribution in [-0.4, -0.2) is 6.26 Å². The predicted molar refractivity (Wildman–Crippen MR) is 71.9 cm³/mol. The van der Waals surface area contributed by atoms with Gasteiger partial charge >= 0.3 is 0 Å². The number of rotatable bonds is 4. The number of halogens is 2. The lowest BCUT2D eigenvalue weighted by Crippen LogP contribution is -2.00. The zero-order valence-corrected chi connectivity index (χ0v) is 10.7. The third-order valence-corrected chi connectivity index (χ3v) is 3.31. The molecule has 0 saturated heterocycles. The van der Waals surface area contributed by atoms with Crippen LogP contribution < -0.4 is 5.32 Å². The van der Waals surface area contributed by atoms with Crippen molar-refractivity contribution < 1.29 is 8.78 Å². The van der Waals surface area contributed by atoms with Crippen molar-refractivity contribution in [2.24, 2.45) is 0 Å². The molecular weight excluding hydrogens is 252 g/mol. The Morgan fingerprint density at radius 1 is 1.00 bits per heavy atom. The summed E-state index contributed by atoms with van der Waals surface area (Å²) in [6.07, 6.45) is 2.02. The van der Waals surface area contributed by atoms with E-state index >= 15 is 0 Å². The van der Waals surface area contributed by atoms with Crippen LogP contribution >= 0.6 is 11.8 Å². The minimum Gasteiger partial charge on any atom is -0.381 e. The van der Waals surface area contributed by atoms with Crippen LogP contribution in [0.1, 0.15) is 5.56 Å². The van der Waals surface area contributed by atoms with Crippen molar-refractivity contribution in [3.63, 3.8) is 0 Å². The van der Waals surface area contributed by atoms with Crippen LogP contribution in [-0.2, 0) is 6.54 Å². The monoisotopic (exact) mass is 265 g/mol. The van der Waals surface area contributed by atoms with Gasteiger partial charge in [0.1, 0.15) is 0 Å². The molecule has 0 amide bonds. The van der Waals surface area contributed by atoms with Crippen molar-refractivity contribution in [3.05, 3.63) is 59.7 Å². The molecule has 1 N–H and O–H groups in total. The highest BCUT2D eigenvalue weighted by molar-refractivity contribution is 7.98. The second kappa shape index (κ2) is 5.87. The minimum atomic E-state index is -0.817. The Balaban J connectivity index is 1.99. The number of benzene rings is 2. The van der Waals surface area contributed by atoms with Crippen molar-refractivity contribution in [2.75, 3.05) is 11.6 Å². The van der Waals surface area contributed by atoms with Gasteiger partial charge in [-0.15, -0.1) is 11.8 Å². The molecule has 0 heterocycles. The van der Waals surface area contributed by atoms with Gasteiger partial charge in [-0.05, 0) is 48.2 Å². The van der Waals surface area contributed by atoms with Gasteiger partial charge in [0, 0.05) is 17.1 Å². The molecule has 0 saturated carbocycles. The van der Waals surface area contributed by atoms with Gasteiger partial charge in [-0.2, -0.15) is 0 Å². The van der Waals surface area contributed by atoms with E-state index < -0.39 is 11.6 Å². The summed E-state index contributed by atoms with van der Waals surface area (Å²) >= 11 is 1.68. The number of anilines is 1. The largest absolute Gasteiger partial charge is 0.381 e. The first kappa shape index (κ1) is 12.9. The minimum absolute atomic E-state index is 0.468. The molecule has 0 aliphatic rings. The summed E-state index contributed by atoms with van der Waals surface area (Å²) in [5, 5.41) is 3.16. The van der Waals surface area contributed by atoms with E-state index in [0.29, 0.717) is 12.1 Å². The van der Waals surface area contributed by atoms with E-state index in [9.17, 15) is 8.78 Å². The molecule has 4 heteroatoms. The average Bonchev–Trinajstić information content (AvgIpc) is 2.41. The number of hydrogen-bond acceptors (Lipinski definition) is 2. The van der Waals surface area contributed by atoms with E-state index in [2.05, 4.69) is 5.32 Å². The van der Waals surface area contributed by atoms with Crippen molar-refractivity contribution in [1.82, 2.24) is 0 Å². The first-order chi connectivity index (χ1) is 8.69. The first-order valence-corrected chi connectivity index (χ1v) is 6.73. The lowest BCUT2D eigenvalue weighted by Gasteiger charge is -2.07. The summed E-state index contributed by atoms with van der Waals surface area (Å²) in [7, 11) is 0. The summed E-state index contributed by atoms with van der Waals surface area (Å²) in [6.45, 7) is 0.468. The third-order valence-electron chi connectivity index (χ3n) is 2.57. The van der Waals surface area contributed by atoms with Gasteiger partial charge in [-0.1, -0.05) is 6.07 Å². The maximum Gasteiger partial charge on any atom is 0.159 e. The number of hydrogen-bond donors (Lipinski definition) is 1. The predicted octanol–water partition coefficient (Wildman–Crippen LogP) is 4.30. The van der Waals surface area contributed by atoms with Crippen molar-refractivity contribution in [3.8, 4) is 0 Å². The quantitative estimate of drug-likeness (QED) is 0.827. The van der Waals surface area contributed by atoms with E-state index in [1.807, 2.05) is 30.5 Å². The Kier molecular flexibility index (Phi) is 4.20. The topological polar surface area (TPSA) is 12.0 Å². The van der Waals surface area contributed by atoms with Crippen LogP contribution in [0.4, 0.5) is 14.5 Å². The van der Waals surface area contributed by atoms with Crippen LogP contribution in [0.15, 0.2) is 47.4 Å². The van der Waals surface area contributed by atoms with E-state index in [0.717, 1.165) is 11.8 Å². The highest BCUT2D eigenvalue weighted by Gasteiger charge is 2.02. The summed E-state index contributed by atoms with van der Waals surface area (Å²) in [5.74, 6) is -1.63. The molecule has 2 aromatic rings. The summed E-state index contributed by atoms with van der Waals surface area (Å²) in [6, 6.07) is 11.9. The molecule has 0 spiro atoms. The molecule has 0 unspecified atom stereocenters. The molecule has 0 aromatic heterocycles. The van der Waals surface area contributed by atoms with Gasteiger partial charge in [0.15, 0.2) is 11.6 Å². The molecule has 0 fully saturated rings.